The van der Waals surface area contributed by atoms with Crippen LogP contribution in [0.25, 0.3) is 0 Å². The summed E-state index contributed by atoms with van der Waals surface area (Å²) >= 11 is 0. The normalized spacial score (nSPS) is 10.8. The number of aliphatic hydroxyl groups excluding tert-OH is 1. The number of aliphatic hydroxyl groups is 1. The van der Waals surface area contributed by atoms with Crippen molar-refractivity contribution in [2.45, 2.75) is 13.0 Å². The third-order valence-electron chi connectivity index (χ3n) is 1.51. The van der Waals surface area contributed by atoms with E-state index in [0.29, 0.717) is 6.07 Å². The number of H-pyrrole nitrogens is 1. The Labute approximate surface area is 71.5 Å². The smallest absolute Gasteiger partial charge is 0.267 e. The van der Waals surface area contributed by atoms with Gasteiger partial charge in [0.1, 0.15) is 5.75 Å². The molecule has 0 bridgehead atoms. The molecule has 0 aliphatic heterocycles. The van der Waals surface area contributed by atoms with Gasteiger partial charge in [0.05, 0.1) is 17.9 Å². The van der Waals surface area contributed by atoms with Crippen LogP contribution in [-0.4, -0.2) is 15.2 Å². The number of aromatic hydroxyl groups is 1. The minimum atomic E-state index is -2.94. The molecule has 0 spiro atoms. The fourth-order valence-electron chi connectivity index (χ4n) is 0.909. The first kappa shape index (κ1) is 9.66. The van der Waals surface area contributed by atoms with E-state index in [2.05, 4.69) is 0 Å². The number of nitrogens with one attached hydrogen (secondary N) is 1. The summed E-state index contributed by atoms with van der Waals surface area (Å²) in [7, 11) is 0. The molecule has 0 fully saturated rings. The second-order valence-corrected chi connectivity index (χ2v) is 2.37. The summed E-state index contributed by atoms with van der Waals surface area (Å²) in [6.07, 6.45) is -2.94. The van der Waals surface area contributed by atoms with Gasteiger partial charge < -0.3 is 15.2 Å². The zero-order valence-electron chi connectivity index (χ0n) is 6.42. The molecule has 0 saturated carbocycles. The lowest BCUT2D eigenvalue weighted by Gasteiger charge is -2.05. The number of halogens is 2. The summed E-state index contributed by atoms with van der Waals surface area (Å²) in [5, 5.41) is 17.6. The molecule has 0 unspecified atom stereocenters. The van der Waals surface area contributed by atoms with Gasteiger partial charge in [0.15, 0.2) is 0 Å². The predicted molar refractivity (Wildman–Crippen MR) is 39.6 cm³/mol. The first-order chi connectivity index (χ1) is 6.06. The molecule has 3 N–H and O–H groups in total. The molecule has 0 radical (unpaired) electrons. The van der Waals surface area contributed by atoms with Gasteiger partial charge in [-0.2, -0.15) is 0 Å². The average molecular weight is 191 g/mol. The molecule has 0 atom stereocenters. The lowest BCUT2D eigenvalue weighted by atomic mass is 10.2. The minimum absolute atomic E-state index is 0.303. The van der Waals surface area contributed by atoms with Crippen molar-refractivity contribution in [3.05, 3.63) is 27.7 Å². The zero-order chi connectivity index (χ0) is 10.0. The fourth-order valence-corrected chi connectivity index (χ4v) is 0.909. The molecule has 0 amide bonds. The summed E-state index contributed by atoms with van der Waals surface area (Å²) in [6, 6.07) is 0.596. The molecule has 72 valence electrons. The van der Waals surface area contributed by atoms with Crippen LogP contribution in [0, 0.1) is 0 Å². The van der Waals surface area contributed by atoms with Gasteiger partial charge in [-0.3, -0.25) is 4.79 Å². The summed E-state index contributed by atoms with van der Waals surface area (Å²) in [5.41, 5.74) is -1.85. The van der Waals surface area contributed by atoms with Crippen molar-refractivity contribution in [3.8, 4) is 5.75 Å². The number of hydrogen-bond donors (Lipinski definition) is 3. The first-order valence-corrected chi connectivity index (χ1v) is 3.40. The molecule has 4 nitrogen and oxygen atoms in total. The van der Waals surface area contributed by atoms with Crippen LogP contribution in [0.1, 0.15) is 17.7 Å². The van der Waals surface area contributed by atoms with Crippen molar-refractivity contribution >= 4 is 0 Å². The molecule has 1 heterocycles. The molecule has 0 aliphatic carbocycles. The van der Waals surface area contributed by atoms with E-state index in [0.717, 1.165) is 0 Å². The minimum Gasteiger partial charge on any atom is -0.506 e. The predicted octanol–water partition coefficient (Wildman–Crippen LogP) is 0.510. The third kappa shape index (κ3) is 1.83. The molecule has 1 aromatic rings. The van der Waals surface area contributed by atoms with E-state index in [9.17, 15) is 13.6 Å². The van der Waals surface area contributed by atoms with Crippen molar-refractivity contribution in [2.75, 3.05) is 0 Å². The average Bonchev–Trinajstić information content (AvgIpc) is 2.08. The molecule has 13 heavy (non-hydrogen) atoms. The largest absolute Gasteiger partial charge is 0.506 e. The van der Waals surface area contributed by atoms with Gasteiger partial charge in [0.25, 0.3) is 6.43 Å². The lowest BCUT2D eigenvalue weighted by molar-refractivity contribution is 0.146. The maximum atomic E-state index is 12.1. The summed E-state index contributed by atoms with van der Waals surface area (Å²) < 4.78 is 24.3. The van der Waals surface area contributed by atoms with E-state index in [-0.39, 0.29) is 5.69 Å². The highest BCUT2D eigenvalue weighted by atomic mass is 19.3. The highest BCUT2D eigenvalue weighted by Crippen LogP contribution is 2.28. The molecular weight excluding hydrogens is 184 g/mol. The third-order valence-corrected chi connectivity index (χ3v) is 1.51. The van der Waals surface area contributed by atoms with Crippen molar-refractivity contribution in [2.24, 2.45) is 0 Å². The number of hydrogen-bond acceptors (Lipinski definition) is 3. The Balaban J connectivity index is 3.36. The van der Waals surface area contributed by atoms with E-state index in [4.69, 9.17) is 10.2 Å². The summed E-state index contributed by atoms with van der Waals surface area (Å²) in [6.45, 7) is -0.693. The van der Waals surface area contributed by atoms with E-state index in [1.54, 1.807) is 0 Å². The first-order valence-electron chi connectivity index (χ1n) is 3.40. The van der Waals surface area contributed by atoms with Gasteiger partial charge in [0, 0.05) is 6.07 Å². The van der Waals surface area contributed by atoms with Gasteiger partial charge in [0.2, 0.25) is 5.56 Å². The van der Waals surface area contributed by atoms with Crippen LogP contribution in [-0.2, 0) is 6.61 Å². The Bertz CT molecular complexity index is 361. The van der Waals surface area contributed by atoms with Gasteiger partial charge in [-0.15, -0.1) is 0 Å². The van der Waals surface area contributed by atoms with Gasteiger partial charge in [-0.25, -0.2) is 8.78 Å². The van der Waals surface area contributed by atoms with Crippen LogP contribution in [0.4, 0.5) is 8.78 Å². The number of aromatic amines is 1. The van der Waals surface area contributed by atoms with Crippen molar-refractivity contribution in [3.63, 3.8) is 0 Å². The van der Waals surface area contributed by atoms with Crippen LogP contribution in [0.15, 0.2) is 10.9 Å². The summed E-state index contributed by atoms with van der Waals surface area (Å²) in [4.78, 5) is 12.7. The van der Waals surface area contributed by atoms with Crippen molar-refractivity contribution in [1.82, 2.24) is 4.98 Å². The Morgan fingerprint density at radius 3 is 2.62 bits per heavy atom. The topological polar surface area (TPSA) is 73.3 Å². The Morgan fingerprint density at radius 1 is 1.54 bits per heavy atom. The molecule has 1 rings (SSSR count). The lowest BCUT2D eigenvalue weighted by Crippen LogP contribution is -2.10. The Hall–Kier alpha value is -1.43. The van der Waals surface area contributed by atoms with Crippen LogP contribution in [0.3, 0.4) is 0 Å². The van der Waals surface area contributed by atoms with Crippen molar-refractivity contribution < 1.29 is 19.0 Å². The summed E-state index contributed by atoms with van der Waals surface area (Å²) in [5.74, 6) is -0.767. The van der Waals surface area contributed by atoms with Crippen LogP contribution < -0.4 is 5.56 Å². The zero-order valence-corrected chi connectivity index (χ0v) is 6.42. The van der Waals surface area contributed by atoms with E-state index in [1.165, 1.54) is 0 Å². The molecule has 0 aliphatic rings. The second kappa shape index (κ2) is 3.53. The maximum absolute atomic E-state index is 12.1. The number of rotatable bonds is 2. The monoisotopic (exact) mass is 191 g/mol. The van der Waals surface area contributed by atoms with Gasteiger partial charge in [-0.05, 0) is 0 Å². The van der Waals surface area contributed by atoms with Crippen molar-refractivity contribution in [1.29, 1.82) is 0 Å². The Morgan fingerprint density at radius 2 is 2.15 bits per heavy atom. The van der Waals surface area contributed by atoms with Gasteiger partial charge >= 0.3 is 0 Å². The van der Waals surface area contributed by atoms with Crippen LogP contribution in [0.2, 0.25) is 0 Å². The van der Waals surface area contributed by atoms with E-state index >= 15 is 0 Å². The molecule has 0 saturated heterocycles. The quantitative estimate of drug-likeness (QED) is 0.637. The molecule has 1 aromatic heterocycles. The van der Waals surface area contributed by atoms with Crippen LogP contribution >= 0.6 is 0 Å². The number of aromatic nitrogens is 1. The second-order valence-electron chi connectivity index (χ2n) is 2.37. The molecular formula is C7H7F2NO3. The molecule has 6 heteroatoms. The highest BCUT2D eigenvalue weighted by Gasteiger charge is 2.16. The fraction of sp³-hybridized carbons (Fsp3) is 0.286. The number of pyridine rings is 1. The standard InChI is InChI=1S/C7H7F2NO3/c8-7(9)3-1-5(12)10-4(2-11)6(3)13/h1,7,11,13H,2H2,(H,10,12). The molecule has 0 aromatic carbocycles. The maximum Gasteiger partial charge on any atom is 0.267 e. The van der Waals surface area contributed by atoms with E-state index in [1.807, 2.05) is 4.98 Å². The SMILES string of the molecule is O=c1cc(C(F)F)c(O)c(CO)[nH]1. The van der Waals surface area contributed by atoms with E-state index < -0.39 is 29.9 Å². The Kier molecular flexibility index (Phi) is 2.62. The van der Waals surface area contributed by atoms with Crippen LogP contribution in [0.5, 0.6) is 5.75 Å². The highest BCUT2D eigenvalue weighted by molar-refractivity contribution is 5.35. The van der Waals surface area contributed by atoms with Gasteiger partial charge in [-0.1, -0.05) is 0 Å². The number of alkyl halides is 2.